The van der Waals surface area contributed by atoms with Gasteiger partial charge in [0.05, 0.1) is 0 Å². The van der Waals surface area contributed by atoms with Crippen molar-refractivity contribution < 1.29 is 0 Å². The lowest BCUT2D eigenvalue weighted by Crippen LogP contribution is -2.34. The smallest absolute Gasteiger partial charge is 0.0355 e. The predicted octanol–water partition coefficient (Wildman–Crippen LogP) is 7.82. The van der Waals surface area contributed by atoms with Gasteiger partial charge in [0.2, 0.25) is 0 Å². The first-order valence-electron chi connectivity index (χ1n) is 10.3. The molecule has 0 saturated heterocycles. The van der Waals surface area contributed by atoms with Gasteiger partial charge >= 0.3 is 0 Å². The average Bonchev–Trinajstić information content (AvgIpc) is 2.49. The molecular formula is C22H46. The molecule has 6 unspecified atom stereocenters. The Balaban J connectivity index is 5.24. The Labute approximate surface area is 142 Å². The third-order valence-corrected chi connectivity index (χ3v) is 6.68. The summed E-state index contributed by atoms with van der Waals surface area (Å²) < 4.78 is 0. The molecule has 0 heterocycles. The highest BCUT2D eigenvalue weighted by Crippen LogP contribution is 2.42. The Kier molecular flexibility index (Phi) is 11.5. The fourth-order valence-corrected chi connectivity index (χ4v) is 4.99. The van der Waals surface area contributed by atoms with Gasteiger partial charge in [-0.1, -0.05) is 101 Å². The molecule has 22 heavy (non-hydrogen) atoms. The molecule has 0 rings (SSSR count). The van der Waals surface area contributed by atoms with E-state index in [1.165, 1.54) is 38.5 Å². The van der Waals surface area contributed by atoms with Crippen LogP contribution in [0.3, 0.4) is 0 Å². The van der Waals surface area contributed by atoms with Crippen LogP contribution in [0, 0.1) is 41.4 Å². The van der Waals surface area contributed by atoms with Crippen LogP contribution in [0.5, 0.6) is 0 Å². The first kappa shape index (κ1) is 22.0. The van der Waals surface area contributed by atoms with Gasteiger partial charge in [0.1, 0.15) is 0 Å². The highest BCUT2D eigenvalue weighted by molar-refractivity contribution is 4.83. The second kappa shape index (κ2) is 11.5. The Morgan fingerprint density at radius 1 is 0.545 bits per heavy atom. The fourth-order valence-electron chi connectivity index (χ4n) is 4.99. The molecule has 0 heteroatoms. The van der Waals surface area contributed by atoms with Gasteiger partial charge < -0.3 is 0 Å². The van der Waals surface area contributed by atoms with Crippen LogP contribution in [0.15, 0.2) is 0 Å². The molecular weight excluding hydrogens is 264 g/mol. The lowest BCUT2D eigenvalue weighted by Gasteiger charge is -2.41. The summed E-state index contributed by atoms with van der Waals surface area (Å²) in [7, 11) is 0. The topological polar surface area (TPSA) is 0 Å². The van der Waals surface area contributed by atoms with Crippen molar-refractivity contribution in [1.29, 1.82) is 0 Å². The summed E-state index contributed by atoms with van der Waals surface area (Å²) >= 11 is 0. The maximum Gasteiger partial charge on any atom is -0.0355 e. The van der Waals surface area contributed by atoms with Crippen LogP contribution in [0.4, 0.5) is 0 Å². The summed E-state index contributed by atoms with van der Waals surface area (Å²) in [6.45, 7) is 22.0. The Hall–Kier alpha value is 0. The van der Waals surface area contributed by atoms with E-state index in [2.05, 4.69) is 62.3 Å². The van der Waals surface area contributed by atoms with Crippen molar-refractivity contribution in [3.05, 3.63) is 0 Å². The summed E-state index contributed by atoms with van der Waals surface area (Å²) in [6.07, 6.45) is 8.22. The fraction of sp³-hybridized carbons (Fsp3) is 1.00. The molecule has 0 aromatic rings. The summed E-state index contributed by atoms with van der Waals surface area (Å²) in [5.41, 5.74) is 0. The van der Waals surface area contributed by atoms with E-state index >= 15 is 0 Å². The van der Waals surface area contributed by atoms with Crippen LogP contribution < -0.4 is 0 Å². The van der Waals surface area contributed by atoms with E-state index in [0.717, 1.165) is 41.4 Å². The van der Waals surface area contributed by atoms with E-state index in [0.29, 0.717) is 0 Å². The summed E-state index contributed by atoms with van der Waals surface area (Å²) in [6, 6.07) is 0. The zero-order valence-corrected chi connectivity index (χ0v) is 17.3. The minimum absolute atomic E-state index is 0.818. The first-order valence-corrected chi connectivity index (χ1v) is 10.3. The lowest BCUT2D eigenvalue weighted by molar-refractivity contribution is 0.0802. The molecule has 6 atom stereocenters. The third kappa shape index (κ3) is 6.25. The molecule has 0 bridgehead atoms. The Bertz CT molecular complexity index is 255. The van der Waals surface area contributed by atoms with Crippen molar-refractivity contribution in [2.45, 2.75) is 101 Å². The van der Waals surface area contributed by atoms with Gasteiger partial charge in [-0.05, 0) is 41.4 Å². The van der Waals surface area contributed by atoms with Gasteiger partial charge in [0, 0.05) is 0 Å². The highest BCUT2D eigenvalue weighted by Gasteiger charge is 2.34. The number of hydrogen-bond acceptors (Lipinski definition) is 0. The molecule has 0 aliphatic rings. The van der Waals surface area contributed by atoms with Gasteiger partial charge in [0.15, 0.2) is 0 Å². The van der Waals surface area contributed by atoms with E-state index in [9.17, 15) is 0 Å². The molecule has 134 valence electrons. The summed E-state index contributed by atoms with van der Waals surface area (Å²) in [4.78, 5) is 0. The highest BCUT2D eigenvalue weighted by atomic mass is 14.4. The van der Waals surface area contributed by atoms with Crippen LogP contribution >= 0.6 is 0 Å². The maximum atomic E-state index is 2.57. The van der Waals surface area contributed by atoms with Crippen molar-refractivity contribution in [2.24, 2.45) is 41.4 Å². The van der Waals surface area contributed by atoms with Crippen LogP contribution in [0.2, 0.25) is 0 Å². The SMILES string of the molecule is CCCC(C(C)CC)C(CCC)C(C)C(C)C(CC)C(C)C. The number of hydrogen-bond donors (Lipinski definition) is 0. The van der Waals surface area contributed by atoms with Crippen molar-refractivity contribution >= 4 is 0 Å². The van der Waals surface area contributed by atoms with Crippen LogP contribution in [-0.4, -0.2) is 0 Å². The minimum Gasteiger partial charge on any atom is -0.0654 e. The molecule has 0 radical (unpaired) electrons. The molecule has 0 spiro atoms. The third-order valence-electron chi connectivity index (χ3n) is 6.68. The number of rotatable bonds is 12. The van der Waals surface area contributed by atoms with Crippen molar-refractivity contribution in [3.63, 3.8) is 0 Å². The molecule has 0 amide bonds. The second-order valence-electron chi connectivity index (χ2n) is 8.32. The molecule has 0 aliphatic carbocycles. The average molecular weight is 311 g/mol. The maximum absolute atomic E-state index is 2.57. The second-order valence-corrected chi connectivity index (χ2v) is 8.32. The zero-order valence-electron chi connectivity index (χ0n) is 17.3. The summed E-state index contributed by atoms with van der Waals surface area (Å²) in [5, 5.41) is 0. The zero-order chi connectivity index (χ0) is 17.3. The van der Waals surface area contributed by atoms with Crippen LogP contribution in [-0.2, 0) is 0 Å². The molecule has 0 saturated carbocycles. The van der Waals surface area contributed by atoms with Crippen molar-refractivity contribution in [3.8, 4) is 0 Å². The molecule has 0 N–H and O–H groups in total. The van der Waals surface area contributed by atoms with Crippen LogP contribution in [0.1, 0.15) is 101 Å². The van der Waals surface area contributed by atoms with Gasteiger partial charge in [-0.3, -0.25) is 0 Å². The van der Waals surface area contributed by atoms with E-state index in [-0.39, 0.29) is 0 Å². The quantitative estimate of drug-likeness (QED) is 0.344. The molecule has 0 fully saturated rings. The molecule has 0 aliphatic heterocycles. The van der Waals surface area contributed by atoms with Gasteiger partial charge in [-0.2, -0.15) is 0 Å². The van der Waals surface area contributed by atoms with Gasteiger partial charge in [-0.15, -0.1) is 0 Å². The van der Waals surface area contributed by atoms with Gasteiger partial charge in [-0.25, -0.2) is 0 Å². The predicted molar refractivity (Wildman–Crippen MR) is 103 cm³/mol. The van der Waals surface area contributed by atoms with E-state index in [1.54, 1.807) is 0 Å². The largest absolute Gasteiger partial charge is 0.0654 e. The summed E-state index contributed by atoms with van der Waals surface area (Å²) in [5.74, 6) is 6.14. The van der Waals surface area contributed by atoms with E-state index in [1.807, 2.05) is 0 Å². The van der Waals surface area contributed by atoms with Crippen molar-refractivity contribution in [2.75, 3.05) is 0 Å². The normalized spacial score (nSPS) is 20.5. The van der Waals surface area contributed by atoms with E-state index in [4.69, 9.17) is 0 Å². The minimum atomic E-state index is 0.818. The lowest BCUT2D eigenvalue weighted by atomic mass is 9.64. The molecule has 0 nitrogen and oxygen atoms in total. The standard InChI is InChI=1S/C22H46/c1-10-14-21(17(7)12-3)22(15-11-2)19(9)18(8)20(13-4)16(5)6/h16-22H,10-15H2,1-9H3. The van der Waals surface area contributed by atoms with Crippen molar-refractivity contribution in [1.82, 2.24) is 0 Å². The first-order chi connectivity index (χ1) is 10.3. The molecule has 0 aromatic heterocycles. The molecule has 0 aromatic carbocycles. The van der Waals surface area contributed by atoms with E-state index < -0.39 is 0 Å². The Morgan fingerprint density at radius 2 is 1.00 bits per heavy atom. The Morgan fingerprint density at radius 3 is 1.36 bits per heavy atom. The van der Waals surface area contributed by atoms with Gasteiger partial charge in [0.25, 0.3) is 0 Å². The van der Waals surface area contributed by atoms with Crippen LogP contribution in [0.25, 0.3) is 0 Å². The monoisotopic (exact) mass is 310 g/mol.